The summed E-state index contributed by atoms with van der Waals surface area (Å²) in [6.45, 7) is 4.52. The second kappa shape index (κ2) is 7.09. The van der Waals surface area contributed by atoms with Crippen LogP contribution in [0.25, 0.3) is 0 Å². The number of amides is 1. The molecule has 0 atom stereocenters. The zero-order chi connectivity index (χ0) is 14.4. The van der Waals surface area contributed by atoms with Gasteiger partial charge in [0.25, 0.3) is 0 Å². The Balaban J connectivity index is 2.66. The van der Waals surface area contributed by atoms with Crippen LogP contribution in [0.2, 0.25) is 0 Å². The van der Waals surface area contributed by atoms with Crippen LogP contribution in [0.3, 0.4) is 0 Å². The number of benzene rings is 1. The Labute approximate surface area is 120 Å². The van der Waals surface area contributed by atoms with E-state index in [-0.39, 0.29) is 11.9 Å². The standard InChI is InChI=1S/C14H21N3OS/c1-10(2)16-13(18)8-9-17(3)12-7-5-4-6-11(12)14(15)19/h4-7,10H,8-9H2,1-3H3,(H2,15,19)(H,16,18). The van der Waals surface area contributed by atoms with Gasteiger partial charge in [-0.3, -0.25) is 4.79 Å². The number of thiocarbonyl (C=S) groups is 1. The Morgan fingerprint density at radius 2 is 2.05 bits per heavy atom. The lowest BCUT2D eigenvalue weighted by atomic mass is 10.1. The molecule has 5 heteroatoms. The number of carbonyl (C=O) groups is 1. The minimum Gasteiger partial charge on any atom is -0.389 e. The molecule has 1 aromatic rings. The molecular weight excluding hydrogens is 258 g/mol. The molecule has 0 aromatic heterocycles. The van der Waals surface area contributed by atoms with Gasteiger partial charge in [0.15, 0.2) is 0 Å². The fourth-order valence-electron chi connectivity index (χ4n) is 1.80. The summed E-state index contributed by atoms with van der Waals surface area (Å²) in [5, 5.41) is 2.87. The SMILES string of the molecule is CC(C)NC(=O)CCN(C)c1ccccc1C(N)=S. The monoisotopic (exact) mass is 279 g/mol. The highest BCUT2D eigenvalue weighted by atomic mass is 32.1. The van der Waals surface area contributed by atoms with Gasteiger partial charge in [-0.15, -0.1) is 0 Å². The van der Waals surface area contributed by atoms with Crippen LogP contribution in [0.4, 0.5) is 5.69 Å². The van der Waals surface area contributed by atoms with Crippen LogP contribution in [0.15, 0.2) is 24.3 Å². The summed E-state index contributed by atoms with van der Waals surface area (Å²) in [6, 6.07) is 7.85. The molecule has 19 heavy (non-hydrogen) atoms. The molecule has 0 aliphatic heterocycles. The lowest BCUT2D eigenvalue weighted by Crippen LogP contribution is -2.33. The van der Waals surface area contributed by atoms with Crippen molar-refractivity contribution in [2.45, 2.75) is 26.3 Å². The van der Waals surface area contributed by atoms with Gasteiger partial charge in [0.2, 0.25) is 5.91 Å². The van der Waals surface area contributed by atoms with E-state index >= 15 is 0 Å². The smallest absolute Gasteiger partial charge is 0.221 e. The van der Waals surface area contributed by atoms with E-state index in [9.17, 15) is 4.79 Å². The Morgan fingerprint density at radius 3 is 2.63 bits per heavy atom. The van der Waals surface area contributed by atoms with Crippen molar-refractivity contribution in [3.8, 4) is 0 Å². The first-order valence-corrected chi connectivity index (χ1v) is 6.72. The Kier molecular flexibility index (Phi) is 5.76. The van der Waals surface area contributed by atoms with Gasteiger partial charge in [0.05, 0.1) is 0 Å². The van der Waals surface area contributed by atoms with E-state index in [4.69, 9.17) is 18.0 Å². The molecule has 1 rings (SSSR count). The Morgan fingerprint density at radius 1 is 1.42 bits per heavy atom. The minimum absolute atomic E-state index is 0.0506. The predicted molar refractivity (Wildman–Crippen MR) is 83.5 cm³/mol. The number of hydrogen-bond acceptors (Lipinski definition) is 3. The minimum atomic E-state index is 0.0506. The number of carbonyl (C=O) groups excluding carboxylic acids is 1. The van der Waals surface area contributed by atoms with E-state index < -0.39 is 0 Å². The predicted octanol–water partition coefficient (Wildman–Crippen LogP) is 1.67. The number of para-hydroxylation sites is 1. The van der Waals surface area contributed by atoms with Crippen molar-refractivity contribution >= 4 is 28.8 Å². The van der Waals surface area contributed by atoms with Crippen molar-refractivity contribution in [1.82, 2.24) is 5.32 Å². The van der Waals surface area contributed by atoms with E-state index in [1.165, 1.54) is 0 Å². The summed E-state index contributed by atoms with van der Waals surface area (Å²) in [7, 11) is 1.93. The molecule has 0 unspecified atom stereocenters. The molecule has 0 saturated carbocycles. The molecule has 1 amide bonds. The van der Waals surface area contributed by atoms with Gasteiger partial charge in [0, 0.05) is 37.3 Å². The van der Waals surface area contributed by atoms with Crippen LogP contribution in [0.5, 0.6) is 0 Å². The number of anilines is 1. The van der Waals surface area contributed by atoms with Crippen molar-refractivity contribution in [1.29, 1.82) is 0 Å². The lowest BCUT2D eigenvalue weighted by molar-refractivity contribution is -0.121. The molecule has 4 nitrogen and oxygen atoms in total. The van der Waals surface area contributed by atoms with E-state index in [0.717, 1.165) is 11.3 Å². The third-order valence-corrected chi connectivity index (χ3v) is 2.92. The van der Waals surface area contributed by atoms with E-state index in [2.05, 4.69) is 5.32 Å². The van der Waals surface area contributed by atoms with Crippen molar-refractivity contribution in [3.05, 3.63) is 29.8 Å². The van der Waals surface area contributed by atoms with Crippen LogP contribution >= 0.6 is 12.2 Å². The fourth-order valence-corrected chi connectivity index (χ4v) is 1.97. The van der Waals surface area contributed by atoms with Crippen molar-refractivity contribution in [3.63, 3.8) is 0 Å². The zero-order valence-corrected chi connectivity index (χ0v) is 12.5. The summed E-state index contributed by atoms with van der Waals surface area (Å²) in [5.41, 5.74) is 7.49. The van der Waals surface area contributed by atoms with Crippen molar-refractivity contribution in [2.24, 2.45) is 5.73 Å². The highest BCUT2D eigenvalue weighted by Gasteiger charge is 2.10. The summed E-state index contributed by atoms with van der Waals surface area (Å²) < 4.78 is 0. The average molecular weight is 279 g/mol. The molecular formula is C14H21N3OS. The Bertz CT molecular complexity index is 460. The number of nitrogens with one attached hydrogen (secondary N) is 1. The summed E-state index contributed by atoms with van der Waals surface area (Å²) in [5.74, 6) is 0.0506. The number of nitrogens with zero attached hydrogens (tertiary/aromatic N) is 1. The van der Waals surface area contributed by atoms with Gasteiger partial charge < -0.3 is 16.0 Å². The third kappa shape index (κ3) is 4.87. The highest BCUT2D eigenvalue weighted by molar-refractivity contribution is 7.80. The molecule has 104 valence electrons. The quantitative estimate of drug-likeness (QED) is 0.778. The third-order valence-electron chi connectivity index (χ3n) is 2.70. The van der Waals surface area contributed by atoms with Crippen molar-refractivity contribution < 1.29 is 4.79 Å². The molecule has 0 heterocycles. The van der Waals surface area contributed by atoms with Crippen LogP contribution < -0.4 is 16.0 Å². The molecule has 0 radical (unpaired) electrons. The highest BCUT2D eigenvalue weighted by Crippen LogP contribution is 2.19. The fraction of sp³-hybridized carbons (Fsp3) is 0.429. The van der Waals surface area contributed by atoms with Gasteiger partial charge in [0.1, 0.15) is 4.99 Å². The number of hydrogen-bond donors (Lipinski definition) is 2. The van der Waals surface area contributed by atoms with Gasteiger partial charge >= 0.3 is 0 Å². The average Bonchev–Trinajstić information content (AvgIpc) is 2.35. The van der Waals surface area contributed by atoms with Crippen molar-refractivity contribution in [2.75, 3.05) is 18.5 Å². The number of rotatable bonds is 6. The van der Waals surface area contributed by atoms with Gasteiger partial charge in [-0.05, 0) is 26.0 Å². The molecule has 0 aliphatic rings. The molecule has 0 fully saturated rings. The van der Waals surface area contributed by atoms with Crippen LogP contribution in [-0.2, 0) is 4.79 Å². The number of nitrogens with two attached hydrogens (primary N) is 1. The Hall–Kier alpha value is -1.62. The molecule has 0 spiro atoms. The zero-order valence-electron chi connectivity index (χ0n) is 11.6. The second-order valence-electron chi connectivity index (χ2n) is 4.78. The lowest BCUT2D eigenvalue weighted by Gasteiger charge is -2.22. The maximum atomic E-state index is 11.6. The second-order valence-corrected chi connectivity index (χ2v) is 5.21. The summed E-state index contributed by atoms with van der Waals surface area (Å²) in [6.07, 6.45) is 0.445. The van der Waals surface area contributed by atoms with Crippen LogP contribution in [-0.4, -0.2) is 30.5 Å². The normalized spacial score (nSPS) is 10.3. The molecule has 0 bridgehead atoms. The first kappa shape index (κ1) is 15.4. The van der Waals surface area contributed by atoms with E-state index in [0.29, 0.717) is 18.0 Å². The summed E-state index contributed by atoms with van der Waals surface area (Å²) >= 11 is 5.03. The first-order valence-electron chi connectivity index (χ1n) is 6.31. The molecule has 0 aliphatic carbocycles. The maximum Gasteiger partial charge on any atom is 0.221 e. The van der Waals surface area contributed by atoms with Crippen LogP contribution in [0.1, 0.15) is 25.8 Å². The maximum absolute atomic E-state index is 11.6. The molecule has 0 saturated heterocycles. The molecule has 3 N–H and O–H groups in total. The largest absolute Gasteiger partial charge is 0.389 e. The summed E-state index contributed by atoms with van der Waals surface area (Å²) in [4.78, 5) is 14.0. The molecule has 1 aromatic carbocycles. The van der Waals surface area contributed by atoms with Gasteiger partial charge in [-0.1, -0.05) is 24.4 Å². The van der Waals surface area contributed by atoms with Crippen LogP contribution in [0, 0.1) is 0 Å². The van der Waals surface area contributed by atoms with Gasteiger partial charge in [-0.2, -0.15) is 0 Å². The van der Waals surface area contributed by atoms with E-state index in [1.807, 2.05) is 50.1 Å². The van der Waals surface area contributed by atoms with Gasteiger partial charge in [-0.25, -0.2) is 0 Å². The van der Waals surface area contributed by atoms with E-state index in [1.54, 1.807) is 0 Å². The topological polar surface area (TPSA) is 58.4 Å². The first-order chi connectivity index (χ1) is 8.91.